The molecule has 1 aliphatic heterocycles. The fraction of sp³-hybridized carbons (Fsp3) is 0.900. The van der Waals surface area contributed by atoms with Crippen LogP contribution in [0.4, 0.5) is 0 Å². The summed E-state index contributed by atoms with van der Waals surface area (Å²) in [5, 5.41) is 2.89. The summed E-state index contributed by atoms with van der Waals surface area (Å²) in [7, 11) is 0. The first-order chi connectivity index (χ1) is 6.74. The Bertz CT molecular complexity index is 181. The lowest BCUT2D eigenvalue weighted by atomic mass is 10.1. The zero-order valence-electron chi connectivity index (χ0n) is 8.59. The summed E-state index contributed by atoms with van der Waals surface area (Å²) in [6.45, 7) is 3.50. The van der Waals surface area contributed by atoms with Crippen molar-refractivity contribution in [2.24, 2.45) is 0 Å². The maximum atomic E-state index is 11.6. The molecule has 0 radical (unpaired) electrons. The summed E-state index contributed by atoms with van der Waals surface area (Å²) in [5.74, 6) is 0.0441. The molecule has 1 N–H and O–H groups in total. The summed E-state index contributed by atoms with van der Waals surface area (Å²) in [4.78, 5) is 11.9. The van der Waals surface area contributed by atoms with Gasteiger partial charge in [0.2, 0.25) is 5.91 Å². The highest BCUT2D eigenvalue weighted by Gasteiger charge is 2.21. The molecule has 3 nitrogen and oxygen atoms in total. The summed E-state index contributed by atoms with van der Waals surface area (Å²) in [6, 6.07) is 0. The van der Waals surface area contributed by atoms with Crippen molar-refractivity contribution in [1.82, 2.24) is 5.32 Å². The van der Waals surface area contributed by atoms with Crippen LogP contribution in [-0.2, 0) is 9.53 Å². The quantitative estimate of drug-likeness (QED) is 0.787. The van der Waals surface area contributed by atoms with Crippen LogP contribution in [0.5, 0.6) is 0 Å². The van der Waals surface area contributed by atoms with Gasteiger partial charge in [-0.15, -0.1) is 0 Å². The molecule has 1 saturated heterocycles. The Balaban J connectivity index is 2.19. The molecule has 14 heavy (non-hydrogen) atoms. The van der Waals surface area contributed by atoms with E-state index in [4.69, 9.17) is 4.74 Å². The van der Waals surface area contributed by atoms with E-state index in [0.717, 1.165) is 32.3 Å². The molecule has 1 fully saturated rings. The monoisotopic (exact) mass is 263 g/mol. The third kappa shape index (κ3) is 3.96. The highest BCUT2D eigenvalue weighted by molar-refractivity contribution is 9.09. The number of rotatable bonds is 4. The van der Waals surface area contributed by atoms with E-state index in [2.05, 4.69) is 28.2 Å². The fourth-order valence-electron chi connectivity index (χ4n) is 1.42. The van der Waals surface area contributed by atoms with Gasteiger partial charge < -0.3 is 10.1 Å². The smallest absolute Gasteiger partial charge is 0.249 e. The Kier molecular flexibility index (Phi) is 5.48. The van der Waals surface area contributed by atoms with E-state index >= 15 is 0 Å². The molecule has 0 spiro atoms. The Morgan fingerprint density at radius 2 is 2.43 bits per heavy atom. The minimum absolute atomic E-state index is 0.0441. The normalized spacial score (nSPS) is 24.3. The predicted octanol–water partition coefficient (Wildman–Crippen LogP) is 1.85. The standard InChI is InChI=1S/C10H18BrNO2/c1-2-8(11)7-12-10(13)9-5-3-4-6-14-9/h8-9H,2-7H2,1H3,(H,12,13). The van der Waals surface area contributed by atoms with Crippen LogP contribution in [0.1, 0.15) is 32.6 Å². The number of amides is 1. The number of ether oxygens (including phenoxy) is 1. The van der Waals surface area contributed by atoms with Crippen molar-refractivity contribution in [1.29, 1.82) is 0 Å². The second kappa shape index (κ2) is 6.40. The molecule has 0 aromatic heterocycles. The van der Waals surface area contributed by atoms with Crippen molar-refractivity contribution in [3.05, 3.63) is 0 Å². The van der Waals surface area contributed by atoms with Gasteiger partial charge in [0.05, 0.1) is 0 Å². The van der Waals surface area contributed by atoms with Gasteiger partial charge in [0.25, 0.3) is 0 Å². The summed E-state index contributed by atoms with van der Waals surface area (Å²) in [6.07, 6.45) is 3.86. The van der Waals surface area contributed by atoms with Gasteiger partial charge in [-0.2, -0.15) is 0 Å². The lowest BCUT2D eigenvalue weighted by Gasteiger charge is -2.22. The average Bonchev–Trinajstić information content (AvgIpc) is 2.26. The molecule has 1 amide bonds. The Morgan fingerprint density at radius 1 is 1.64 bits per heavy atom. The van der Waals surface area contributed by atoms with E-state index in [0.29, 0.717) is 11.4 Å². The predicted molar refractivity (Wildman–Crippen MR) is 59.6 cm³/mol. The molecular weight excluding hydrogens is 246 g/mol. The number of alkyl halides is 1. The van der Waals surface area contributed by atoms with Crippen molar-refractivity contribution in [3.8, 4) is 0 Å². The highest BCUT2D eigenvalue weighted by atomic mass is 79.9. The van der Waals surface area contributed by atoms with Gasteiger partial charge >= 0.3 is 0 Å². The number of carbonyl (C=O) groups is 1. The van der Waals surface area contributed by atoms with Crippen molar-refractivity contribution in [2.75, 3.05) is 13.2 Å². The van der Waals surface area contributed by atoms with Crippen molar-refractivity contribution >= 4 is 21.8 Å². The maximum absolute atomic E-state index is 11.6. The molecule has 2 unspecified atom stereocenters. The maximum Gasteiger partial charge on any atom is 0.249 e. The molecule has 0 aromatic carbocycles. The van der Waals surface area contributed by atoms with E-state index in [9.17, 15) is 4.79 Å². The fourth-order valence-corrected chi connectivity index (χ4v) is 1.58. The van der Waals surface area contributed by atoms with Gasteiger partial charge in [0, 0.05) is 18.0 Å². The van der Waals surface area contributed by atoms with Crippen LogP contribution in [0.3, 0.4) is 0 Å². The van der Waals surface area contributed by atoms with Gasteiger partial charge in [-0.1, -0.05) is 22.9 Å². The minimum atomic E-state index is -0.208. The largest absolute Gasteiger partial charge is 0.368 e. The van der Waals surface area contributed by atoms with Crippen LogP contribution in [0.2, 0.25) is 0 Å². The van der Waals surface area contributed by atoms with E-state index in [1.54, 1.807) is 0 Å². The Morgan fingerprint density at radius 3 is 3.00 bits per heavy atom. The molecular formula is C10H18BrNO2. The lowest BCUT2D eigenvalue weighted by molar-refractivity contribution is -0.135. The number of carbonyl (C=O) groups excluding carboxylic acids is 1. The molecule has 1 rings (SSSR count). The van der Waals surface area contributed by atoms with Crippen molar-refractivity contribution in [2.45, 2.75) is 43.5 Å². The minimum Gasteiger partial charge on any atom is -0.368 e. The first kappa shape index (κ1) is 12.0. The zero-order chi connectivity index (χ0) is 10.4. The molecule has 82 valence electrons. The summed E-state index contributed by atoms with van der Waals surface area (Å²) < 4.78 is 5.38. The first-order valence-corrected chi connectivity index (χ1v) is 6.19. The molecule has 0 bridgehead atoms. The summed E-state index contributed by atoms with van der Waals surface area (Å²) >= 11 is 3.47. The van der Waals surface area contributed by atoms with Gasteiger partial charge in [-0.3, -0.25) is 4.79 Å². The lowest BCUT2D eigenvalue weighted by Crippen LogP contribution is -2.40. The van der Waals surface area contributed by atoms with Crippen LogP contribution in [0, 0.1) is 0 Å². The second-order valence-electron chi connectivity index (χ2n) is 3.61. The van der Waals surface area contributed by atoms with Crippen LogP contribution in [0.25, 0.3) is 0 Å². The van der Waals surface area contributed by atoms with Gasteiger partial charge in [-0.05, 0) is 25.7 Å². The number of hydrogen-bond donors (Lipinski definition) is 1. The van der Waals surface area contributed by atoms with Crippen LogP contribution < -0.4 is 5.32 Å². The van der Waals surface area contributed by atoms with E-state index in [1.165, 1.54) is 0 Å². The molecule has 0 aromatic rings. The summed E-state index contributed by atoms with van der Waals surface area (Å²) in [5.41, 5.74) is 0. The molecule has 4 heteroatoms. The Hall–Kier alpha value is -0.0900. The molecule has 1 aliphatic rings. The molecule has 2 atom stereocenters. The van der Waals surface area contributed by atoms with Gasteiger partial charge in [0.1, 0.15) is 6.10 Å². The third-order valence-electron chi connectivity index (χ3n) is 2.41. The topological polar surface area (TPSA) is 38.3 Å². The molecule has 0 saturated carbocycles. The van der Waals surface area contributed by atoms with E-state index < -0.39 is 0 Å². The second-order valence-corrected chi connectivity index (χ2v) is 4.90. The van der Waals surface area contributed by atoms with Crippen molar-refractivity contribution < 1.29 is 9.53 Å². The zero-order valence-corrected chi connectivity index (χ0v) is 10.2. The van der Waals surface area contributed by atoms with Crippen LogP contribution >= 0.6 is 15.9 Å². The number of halogens is 1. The molecule has 0 aliphatic carbocycles. The number of hydrogen-bond acceptors (Lipinski definition) is 2. The van der Waals surface area contributed by atoms with Gasteiger partial charge in [-0.25, -0.2) is 0 Å². The van der Waals surface area contributed by atoms with Crippen molar-refractivity contribution in [3.63, 3.8) is 0 Å². The van der Waals surface area contributed by atoms with Gasteiger partial charge in [0.15, 0.2) is 0 Å². The Labute approximate surface area is 93.7 Å². The van der Waals surface area contributed by atoms with E-state index in [-0.39, 0.29) is 12.0 Å². The van der Waals surface area contributed by atoms with Crippen LogP contribution in [0.15, 0.2) is 0 Å². The SMILES string of the molecule is CCC(Br)CNC(=O)C1CCCCO1. The van der Waals surface area contributed by atoms with Crippen LogP contribution in [-0.4, -0.2) is 30.0 Å². The highest BCUT2D eigenvalue weighted by Crippen LogP contribution is 2.12. The third-order valence-corrected chi connectivity index (χ3v) is 3.38. The average molecular weight is 264 g/mol. The number of nitrogens with one attached hydrogen (secondary N) is 1. The van der Waals surface area contributed by atoms with E-state index in [1.807, 2.05) is 0 Å². The molecule has 1 heterocycles. The first-order valence-electron chi connectivity index (χ1n) is 5.27.